The van der Waals surface area contributed by atoms with Gasteiger partial charge in [-0.05, 0) is 36.4 Å². The molecule has 0 amide bonds. The van der Waals surface area contributed by atoms with Crippen LogP contribution in [-0.2, 0) is 10.9 Å². The van der Waals surface area contributed by atoms with Gasteiger partial charge < -0.3 is 5.48 Å². The summed E-state index contributed by atoms with van der Waals surface area (Å²) in [5.41, 5.74) is 0. The van der Waals surface area contributed by atoms with E-state index in [4.69, 9.17) is 0 Å². The van der Waals surface area contributed by atoms with Crippen molar-refractivity contribution in [2.75, 3.05) is 0 Å². The molecule has 26 heavy (non-hydrogen) atoms. The van der Waals surface area contributed by atoms with Crippen LogP contribution in [0.2, 0.25) is 0 Å². The second kappa shape index (κ2) is 9.40. The largest absolute Gasteiger partial charge is 0.166 e. The zero-order valence-corrected chi connectivity index (χ0v) is 16.8. The Morgan fingerprint density at radius 2 is 0.654 bits per heavy atom. The SMILES string of the molecule is O.[F][Sb-]([F])([F])([F])[F].c1ccc([S+](c2ccccc2)c2ccccc2)cc1. The molecule has 0 aliphatic rings. The summed E-state index contributed by atoms with van der Waals surface area (Å²) in [5, 5.41) is 0. The van der Waals surface area contributed by atoms with Gasteiger partial charge in [0, 0.05) is 0 Å². The van der Waals surface area contributed by atoms with Crippen LogP contribution in [0.3, 0.4) is 0 Å². The number of benzene rings is 3. The summed E-state index contributed by atoms with van der Waals surface area (Å²) >= 11 is -9.19. The topological polar surface area (TPSA) is 31.5 Å². The fraction of sp³-hybridized carbons (Fsp3) is 0. The maximum atomic E-state index is 9.91. The van der Waals surface area contributed by atoms with E-state index in [1.54, 1.807) is 0 Å². The smallest absolute Gasteiger partial charge is 0.0619 e. The maximum absolute atomic E-state index is 9.91. The standard InChI is InChI=1S/C18H15S.5FH.H2O.Sb/c1-4-10-16(11-5-1)19(17-12-6-2-7-13-17)18-14-8-3-9-15-18;;;;;;;/h1-15H;5*1H;1H2;/q+1;;;;;;;+4/p-5. The van der Waals surface area contributed by atoms with Crippen molar-refractivity contribution in [1.82, 2.24) is 0 Å². The summed E-state index contributed by atoms with van der Waals surface area (Å²) < 4.78 is 49.6. The Labute approximate surface area is 156 Å². The third-order valence-electron chi connectivity index (χ3n) is 2.94. The van der Waals surface area contributed by atoms with Crippen LogP contribution < -0.4 is 0 Å². The molecule has 0 aliphatic heterocycles. The van der Waals surface area contributed by atoms with Crippen LogP contribution in [0.1, 0.15) is 0 Å². The first-order valence-corrected chi connectivity index (χ1v) is 13.2. The zero-order chi connectivity index (χ0) is 18.4. The molecule has 0 spiro atoms. The van der Waals surface area contributed by atoms with Crippen molar-refractivity contribution in [2.45, 2.75) is 14.7 Å². The van der Waals surface area contributed by atoms with E-state index in [-0.39, 0.29) is 16.4 Å². The first-order chi connectivity index (χ1) is 11.7. The van der Waals surface area contributed by atoms with E-state index in [2.05, 4.69) is 91.0 Å². The summed E-state index contributed by atoms with van der Waals surface area (Å²) in [6.45, 7) is 0. The molecule has 0 aromatic heterocycles. The Bertz CT molecular complexity index is 669. The molecular formula is C18H17F5OSSb. The Kier molecular flexibility index (Phi) is 8.12. The van der Waals surface area contributed by atoms with E-state index in [9.17, 15) is 14.1 Å². The van der Waals surface area contributed by atoms with Crippen molar-refractivity contribution >= 4 is 31.2 Å². The van der Waals surface area contributed by atoms with Crippen LogP contribution in [0.15, 0.2) is 106 Å². The fourth-order valence-electron chi connectivity index (χ4n) is 2.08. The van der Waals surface area contributed by atoms with Gasteiger partial charge in [-0.2, -0.15) is 0 Å². The molecule has 0 atom stereocenters. The second-order valence-corrected chi connectivity index (χ2v) is 10.6. The second-order valence-electron chi connectivity index (χ2n) is 4.88. The molecule has 0 heterocycles. The monoisotopic (exact) mass is 497 g/mol. The molecule has 0 fully saturated rings. The van der Waals surface area contributed by atoms with Gasteiger partial charge in [0.05, 0.1) is 10.9 Å². The summed E-state index contributed by atoms with van der Waals surface area (Å²) in [6.07, 6.45) is 0. The van der Waals surface area contributed by atoms with Gasteiger partial charge in [0.2, 0.25) is 0 Å². The van der Waals surface area contributed by atoms with Gasteiger partial charge in [0.25, 0.3) is 0 Å². The zero-order valence-electron chi connectivity index (χ0n) is 13.4. The van der Waals surface area contributed by atoms with Gasteiger partial charge in [-0.3, -0.25) is 0 Å². The maximum Gasteiger partial charge on any atom is 0.166 e. The van der Waals surface area contributed by atoms with Crippen LogP contribution in [0.4, 0.5) is 14.1 Å². The Morgan fingerprint density at radius 3 is 0.846 bits per heavy atom. The number of hydrogen-bond acceptors (Lipinski definition) is 0. The van der Waals surface area contributed by atoms with Gasteiger partial charge in [-0.25, -0.2) is 0 Å². The molecule has 3 rings (SSSR count). The Balaban J connectivity index is 0.000000422. The van der Waals surface area contributed by atoms with Crippen molar-refractivity contribution in [3.05, 3.63) is 91.0 Å². The summed E-state index contributed by atoms with van der Waals surface area (Å²) in [5.74, 6) is 0. The number of halogens is 5. The van der Waals surface area contributed by atoms with E-state index in [1.807, 2.05) is 0 Å². The predicted octanol–water partition coefficient (Wildman–Crippen LogP) is 5.68. The van der Waals surface area contributed by atoms with Crippen LogP contribution in [0, 0.1) is 0 Å². The van der Waals surface area contributed by atoms with E-state index in [1.165, 1.54) is 14.7 Å². The van der Waals surface area contributed by atoms with E-state index >= 15 is 0 Å². The van der Waals surface area contributed by atoms with E-state index < -0.39 is 20.3 Å². The molecule has 2 N–H and O–H groups in total. The Hall–Kier alpha value is -1.56. The van der Waals surface area contributed by atoms with Gasteiger partial charge >= 0.3 is 34.4 Å². The first kappa shape index (κ1) is 22.5. The van der Waals surface area contributed by atoms with Gasteiger partial charge in [-0.1, -0.05) is 54.6 Å². The molecular weight excluding hydrogens is 481 g/mol. The molecule has 1 nitrogen and oxygen atoms in total. The molecule has 0 saturated carbocycles. The third-order valence-corrected chi connectivity index (χ3v) is 5.17. The number of hydrogen-bond donors (Lipinski definition) is 0. The minimum Gasteiger partial charge on any atom is -0.0619 e. The Morgan fingerprint density at radius 1 is 0.462 bits per heavy atom. The number of rotatable bonds is 3. The molecule has 0 unspecified atom stereocenters. The van der Waals surface area contributed by atoms with Crippen LogP contribution in [0.5, 0.6) is 0 Å². The van der Waals surface area contributed by atoms with E-state index in [0.29, 0.717) is 0 Å². The third kappa shape index (κ3) is 8.70. The minimum atomic E-state index is -9.19. The van der Waals surface area contributed by atoms with Crippen molar-refractivity contribution in [2.24, 2.45) is 0 Å². The first-order valence-electron chi connectivity index (χ1n) is 7.19. The quantitative estimate of drug-likeness (QED) is 0.253. The minimum absolute atomic E-state index is 0. The molecule has 0 radical (unpaired) electrons. The average molecular weight is 498 g/mol. The molecule has 8 heteroatoms. The molecule has 0 bridgehead atoms. The van der Waals surface area contributed by atoms with Crippen LogP contribution >= 0.6 is 0 Å². The van der Waals surface area contributed by atoms with Crippen molar-refractivity contribution in [3.63, 3.8) is 0 Å². The average Bonchev–Trinajstić information content (AvgIpc) is 2.56. The molecule has 3 aromatic rings. The molecule has 0 saturated heterocycles. The normalized spacial score (nSPS) is 12.2. The van der Waals surface area contributed by atoms with Crippen LogP contribution in [-0.4, -0.2) is 25.8 Å². The van der Waals surface area contributed by atoms with Gasteiger partial charge in [0.15, 0.2) is 14.7 Å². The molecule has 0 aliphatic carbocycles. The summed E-state index contributed by atoms with van der Waals surface area (Å²) in [6, 6.07) is 32.2. The van der Waals surface area contributed by atoms with Crippen LogP contribution in [0.25, 0.3) is 0 Å². The summed E-state index contributed by atoms with van der Waals surface area (Å²) in [4.78, 5) is 4.08. The fourth-order valence-corrected chi connectivity index (χ4v) is 4.18. The predicted molar refractivity (Wildman–Crippen MR) is 96.4 cm³/mol. The van der Waals surface area contributed by atoms with Crippen molar-refractivity contribution < 1.29 is 19.5 Å². The molecule has 3 aromatic carbocycles. The van der Waals surface area contributed by atoms with Crippen molar-refractivity contribution in [3.8, 4) is 0 Å². The van der Waals surface area contributed by atoms with E-state index in [0.717, 1.165) is 0 Å². The van der Waals surface area contributed by atoms with Crippen molar-refractivity contribution in [1.29, 1.82) is 0 Å². The molecule has 141 valence electrons. The van der Waals surface area contributed by atoms with Gasteiger partial charge in [0.1, 0.15) is 0 Å². The summed E-state index contributed by atoms with van der Waals surface area (Å²) in [7, 11) is -0.0146. The van der Waals surface area contributed by atoms with Gasteiger partial charge in [-0.15, -0.1) is 0 Å².